The molecule has 0 bridgehead atoms. The first-order valence-corrected chi connectivity index (χ1v) is 9.93. The molecule has 2 aromatic rings. The summed E-state index contributed by atoms with van der Waals surface area (Å²) in [5, 5.41) is 1.88. The maximum Gasteiger partial charge on any atom is 0.261 e. The molecule has 1 aromatic heterocycles. The van der Waals surface area contributed by atoms with Gasteiger partial charge in [-0.05, 0) is 48.9 Å². The molecule has 1 aromatic carbocycles. The number of H-pyrrole nitrogens is 1. The number of rotatable bonds is 5. The number of carbonyl (C=O) groups is 1. The second kappa shape index (κ2) is 7.59. The highest BCUT2D eigenvalue weighted by molar-refractivity contribution is 6.31. The van der Waals surface area contributed by atoms with Gasteiger partial charge in [0.25, 0.3) is 5.91 Å². The van der Waals surface area contributed by atoms with Crippen molar-refractivity contribution >= 4 is 28.4 Å². The smallest absolute Gasteiger partial charge is 0.261 e. The highest BCUT2D eigenvalue weighted by Gasteiger charge is 2.41. The largest absolute Gasteiger partial charge is 0.366 e. The van der Waals surface area contributed by atoms with E-state index in [2.05, 4.69) is 9.88 Å². The van der Waals surface area contributed by atoms with E-state index in [-0.39, 0.29) is 5.91 Å². The van der Waals surface area contributed by atoms with E-state index >= 15 is 0 Å². The van der Waals surface area contributed by atoms with Gasteiger partial charge < -0.3 is 15.5 Å². The Kier molecular flexibility index (Phi) is 5.20. The first kappa shape index (κ1) is 17.8. The lowest BCUT2D eigenvalue weighted by Crippen LogP contribution is -2.48. The van der Waals surface area contributed by atoms with Crippen molar-refractivity contribution in [2.75, 3.05) is 13.2 Å². The van der Waals surface area contributed by atoms with Crippen LogP contribution in [-0.2, 0) is 16.0 Å². The van der Waals surface area contributed by atoms with Gasteiger partial charge in [-0.25, -0.2) is 0 Å². The fourth-order valence-electron chi connectivity index (χ4n) is 4.62. The van der Waals surface area contributed by atoms with Gasteiger partial charge in [0.05, 0.1) is 6.61 Å². The summed E-state index contributed by atoms with van der Waals surface area (Å²) in [6.07, 6.45) is 8.57. The number of ether oxygens (including phenoxy) is 1. The van der Waals surface area contributed by atoms with Crippen molar-refractivity contribution in [3.8, 4) is 0 Å². The summed E-state index contributed by atoms with van der Waals surface area (Å²) in [4.78, 5) is 17.4. The zero-order chi connectivity index (χ0) is 18.1. The number of nitrogens with zero attached hydrogens (tertiary/aromatic N) is 1. The molecule has 4 rings (SSSR count). The van der Waals surface area contributed by atoms with Gasteiger partial charge in [-0.15, -0.1) is 0 Å². The van der Waals surface area contributed by atoms with Crippen molar-refractivity contribution in [3.05, 3.63) is 35.0 Å². The fraction of sp³-hybridized carbons (Fsp3) is 0.550. The zero-order valence-electron chi connectivity index (χ0n) is 14.9. The Morgan fingerprint density at radius 3 is 2.88 bits per heavy atom. The van der Waals surface area contributed by atoms with Crippen LogP contribution in [0.3, 0.4) is 0 Å². The van der Waals surface area contributed by atoms with Crippen molar-refractivity contribution in [3.63, 3.8) is 0 Å². The molecule has 6 heteroatoms. The number of halogens is 1. The number of aromatic amines is 1. The molecule has 140 valence electrons. The van der Waals surface area contributed by atoms with Crippen molar-refractivity contribution in [2.45, 2.75) is 50.8 Å². The number of primary amides is 1. The molecule has 0 radical (unpaired) electrons. The number of nitrogens with two attached hydrogens (primary N) is 1. The number of fused-ring (bicyclic) bond motifs is 1. The van der Waals surface area contributed by atoms with Gasteiger partial charge in [0.15, 0.2) is 6.23 Å². The molecule has 2 fully saturated rings. The van der Waals surface area contributed by atoms with Crippen LogP contribution in [0.5, 0.6) is 0 Å². The minimum absolute atomic E-state index is 0.293. The molecular weight excluding hydrogens is 350 g/mol. The highest BCUT2D eigenvalue weighted by Crippen LogP contribution is 2.33. The Morgan fingerprint density at radius 1 is 1.31 bits per heavy atom. The van der Waals surface area contributed by atoms with Crippen molar-refractivity contribution in [1.29, 1.82) is 0 Å². The SMILES string of the molecule is NC(=O)C1OCC(C2CCCCC2)N1CCc1c[nH]c2ccc(Cl)cc12. The monoisotopic (exact) mass is 375 g/mol. The number of aromatic nitrogens is 1. The van der Waals surface area contributed by atoms with Gasteiger partial charge in [0.1, 0.15) is 0 Å². The van der Waals surface area contributed by atoms with Gasteiger partial charge >= 0.3 is 0 Å². The summed E-state index contributed by atoms with van der Waals surface area (Å²) in [6, 6.07) is 6.17. The molecular formula is C20H26ClN3O2. The van der Waals surface area contributed by atoms with Crippen LogP contribution in [0.25, 0.3) is 10.9 Å². The van der Waals surface area contributed by atoms with Crippen molar-refractivity contribution in [2.24, 2.45) is 11.7 Å². The normalized spacial score (nSPS) is 25.1. The Labute approximate surface area is 158 Å². The van der Waals surface area contributed by atoms with E-state index in [9.17, 15) is 4.79 Å². The topological polar surface area (TPSA) is 71.4 Å². The van der Waals surface area contributed by atoms with Crippen LogP contribution in [0.4, 0.5) is 0 Å². The second-order valence-electron chi connectivity index (χ2n) is 7.55. The molecule has 0 spiro atoms. The quantitative estimate of drug-likeness (QED) is 0.840. The van der Waals surface area contributed by atoms with E-state index in [1.54, 1.807) is 0 Å². The summed E-state index contributed by atoms with van der Waals surface area (Å²) >= 11 is 6.16. The summed E-state index contributed by atoms with van der Waals surface area (Å²) in [5.74, 6) is 0.218. The van der Waals surface area contributed by atoms with Crippen LogP contribution in [0.15, 0.2) is 24.4 Å². The molecule has 1 saturated heterocycles. The Hall–Kier alpha value is -1.56. The molecule has 2 atom stereocenters. The first-order valence-electron chi connectivity index (χ1n) is 9.55. The van der Waals surface area contributed by atoms with Gasteiger partial charge in [-0.1, -0.05) is 30.9 Å². The maximum absolute atomic E-state index is 11.9. The average molecular weight is 376 g/mol. The highest BCUT2D eigenvalue weighted by atomic mass is 35.5. The third-order valence-electron chi connectivity index (χ3n) is 5.96. The molecule has 2 aliphatic rings. The number of nitrogens with one attached hydrogen (secondary N) is 1. The van der Waals surface area contributed by atoms with Crippen LogP contribution in [0, 0.1) is 5.92 Å². The minimum atomic E-state index is -0.601. The van der Waals surface area contributed by atoms with E-state index in [1.807, 2.05) is 24.4 Å². The summed E-state index contributed by atoms with van der Waals surface area (Å²) < 4.78 is 5.79. The lowest BCUT2D eigenvalue weighted by Gasteiger charge is -2.34. The third-order valence-corrected chi connectivity index (χ3v) is 6.19. The Morgan fingerprint density at radius 2 is 2.12 bits per heavy atom. The summed E-state index contributed by atoms with van der Waals surface area (Å²) in [5.41, 5.74) is 7.90. The molecule has 1 saturated carbocycles. The van der Waals surface area contributed by atoms with Crippen LogP contribution in [-0.4, -0.2) is 41.2 Å². The average Bonchev–Trinajstić information content (AvgIpc) is 3.24. The predicted molar refractivity (Wildman–Crippen MR) is 103 cm³/mol. The number of carbonyl (C=O) groups excluding carboxylic acids is 1. The van der Waals surface area contributed by atoms with Gasteiger partial charge in [-0.3, -0.25) is 9.69 Å². The number of hydrogen-bond acceptors (Lipinski definition) is 3. The standard InChI is InChI=1S/C20H26ClN3O2/c21-15-6-7-17-16(10-15)14(11-23-17)8-9-24-18(12-26-20(24)19(22)25)13-4-2-1-3-5-13/h6-7,10-11,13,18,20,23H,1-5,8-9,12H2,(H2,22,25). The zero-order valence-corrected chi connectivity index (χ0v) is 15.7. The Bertz CT molecular complexity index is 784. The summed E-state index contributed by atoms with van der Waals surface area (Å²) in [6.45, 7) is 1.37. The lowest BCUT2D eigenvalue weighted by molar-refractivity contribution is -0.133. The number of hydrogen-bond donors (Lipinski definition) is 2. The molecule has 5 nitrogen and oxygen atoms in total. The third kappa shape index (κ3) is 3.48. The number of amides is 1. The van der Waals surface area contributed by atoms with E-state index in [0.29, 0.717) is 18.6 Å². The van der Waals surface area contributed by atoms with Crippen molar-refractivity contribution < 1.29 is 9.53 Å². The number of benzene rings is 1. The van der Waals surface area contributed by atoms with Crippen molar-refractivity contribution in [1.82, 2.24) is 9.88 Å². The van der Waals surface area contributed by atoms with E-state index < -0.39 is 6.23 Å². The molecule has 1 aliphatic carbocycles. The summed E-state index contributed by atoms with van der Waals surface area (Å²) in [7, 11) is 0. The van der Waals surface area contributed by atoms with Gasteiger partial charge in [0.2, 0.25) is 0 Å². The predicted octanol–water partition coefficient (Wildman–Crippen LogP) is 3.46. The molecule has 1 aliphatic heterocycles. The molecule has 2 unspecified atom stereocenters. The van der Waals surface area contributed by atoms with E-state index in [4.69, 9.17) is 22.1 Å². The van der Waals surface area contributed by atoms with Crippen LogP contribution < -0.4 is 5.73 Å². The van der Waals surface area contributed by atoms with E-state index in [0.717, 1.165) is 28.9 Å². The van der Waals surface area contributed by atoms with Crippen LogP contribution >= 0.6 is 11.6 Å². The van der Waals surface area contributed by atoms with Gasteiger partial charge in [-0.2, -0.15) is 0 Å². The first-order chi connectivity index (χ1) is 12.6. The lowest BCUT2D eigenvalue weighted by atomic mass is 9.83. The van der Waals surface area contributed by atoms with Gasteiger partial charge in [0, 0.05) is 34.7 Å². The van der Waals surface area contributed by atoms with Crippen LogP contribution in [0.1, 0.15) is 37.7 Å². The second-order valence-corrected chi connectivity index (χ2v) is 7.98. The van der Waals surface area contributed by atoms with Crippen LogP contribution in [0.2, 0.25) is 5.02 Å². The molecule has 3 N–H and O–H groups in total. The molecule has 1 amide bonds. The Balaban J connectivity index is 1.52. The maximum atomic E-state index is 11.9. The minimum Gasteiger partial charge on any atom is -0.366 e. The van der Waals surface area contributed by atoms with E-state index in [1.165, 1.54) is 37.7 Å². The fourth-order valence-corrected chi connectivity index (χ4v) is 4.79. The molecule has 26 heavy (non-hydrogen) atoms. The molecule has 2 heterocycles.